The number of pyridine rings is 1. The highest BCUT2D eigenvalue weighted by Gasteiger charge is 2.26. The van der Waals surface area contributed by atoms with E-state index in [2.05, 4.69) is 54.4 Å². The Morgan fingerprint density at radius 1 is 1.06 bits per heavy atom. The zero-order valence-corrected chi connectivity index (χ0v) is 17.8. The van der Waals surface area contributed by atoms with Crippen LogP contribution in [0, 0.1) is 6.92 Å². The molecule has 0 bridgehead atoms. The fraction of sp³-hybridized carbons (Fsp3) is 0.259. The van der Waals surface area contributed by atoms with Crippen LogP contribution in [-0.2, 0) is 11.2 Å². The van der Waals surface area contributed by atoms with Crippen molar-refractivity contribution in [1.29, 1.82) is 0 Å². The van der Waals surface area contributed by atoms with Crippen molar-refractivity contribution in [1.82, 2.24) is 14.9 Å². The second-order valence-electron chi connectivity index (χ2n) is 8.50. The van der Waals surface area contributed by atoms with Crippen LogP contribution >= 0.6 is 0 Å². The predicted molar refractivity (Wildman–Crippen MR) is 125 cm³/mol. The fourth-order valence-electron chi connectivity index (χ4n) is 4.70. The smallest absolute Gasteiger partial charge is 0.227 e. The standard InChI is InChI=1S/C27H27N3O/c1-19-14-22(20-8-3-2-4-9-20)15-26(29-19)21-10-7-13-30(18-21)27(31)16-23-17-28-25-12-6-5-11-24(23)25/h2-6,8-9,11-12,14-15,17,21,28H,7,10,13,16,18H2,1H3/t21-/m0/s1. The number of rotatable bonds is 4. The zero-order valence-electron chi connectivity index (χ0n) is 17.8. The lowest BCUT2D eigenvalue weighted by atomic mass is 9.92. The number of para-hydroxylation sites is 1. The quantitative estimate of drug-likeness (QED) is 0.485. The molecule has 156 valence electrons. The van der Waals surface area contributed by atoms with Gasteiger partial charge in [0.15, 0.2) is 0 Å². The normalized spacial score (nSPS) is 16.5. The number of aromatic amines is 1. The number of benzene rings is 2. The van der Waals surface area contributed by atoms with Gasteiger partial charge >= 0.3 is 0 Å². The fourth-order valence-corrected chi connectivity index (χ4v) is 4.70. The molecule has 2 aromatic carbocycles. The zero-order chi connectivity index (χ0) is 21.2. The van der Waals surface area contributed by atoms with Gasteiger partial charge in [0.25, 0.3) is 0 Å². The third kappa shape index (κ3) is 4.11. The lowest BCUT2D eigenvalue weighted by molar-refractivity contribution is -0.131. The SMILES string of the molecule is Cc1cc(-c2ccccc2)cc([C@H]2CCCN(C(=O)Cc3c[nH]c4ccccc34)C2)n1. The highest BCUT2D eigenvalue weighted by atomic mass is 16.2. The summed E-state index contributed by atoms with van der Waals surface area (Å²) in [5.74, 6) is 0.480. The van der Waals surface area contributed by atoms with E-state index < -0.39 is 0 Å². The molecule has 31 heavy (non-hydrogen) atoms. The van der Waals surface area contributed by atoms with Crippen LogP contribution in [-0.4, -0.2) is 33.9 Å². The molecule has 1 amide bonds. The van der Waals surface area contributed by atoms with Gasteiger partial charge in [-0.2, -0.15) is 0 Å². The number of hydrogen-bond acceptors (Lipinski definition) is 2. The average molecular weight is 410 g/mol. The van der Waals surface area contributed by atoms with E-state index >= 15 is 0 Å². The Morgan fingerprint density at radius 3 is 2.74 bits per heavy atom. The number of amides is 1. The van der Waals surface area contributed by atoms with Gasteiger partial charge in [-0.25, -0.2) is 0 Å². The van der Waals surface area contributed by atoms with Crippen LogP contribution in [0.1, 0.15) is 35.7 Å². The van der Waals surface area contributed by atoms with Crippen LogP contribution in [0.4, 0.5) is 0 Å². The lowest BCUT2D eigenvalue weighted by Gasteiger charge is -2.33. The van der Waals surface area contributed by atoms with Gasteiger partial charge in [0.1, 0.15) is 0 Å². The van der Waals surface area contributed by atoms with E-state index in [0.717, 1.165) is 53.8 Å². The number of nitrogens with zero attached hydrogens (tertiary/aromatic N) is 2. The second-order valence-corrected chi connectivity index (χ2v) is 8.50. The molecule has 1 N–H and O–H groups in total. The summed E-state index contributed by atoms with van der Waals surface area (Å²) in [6, 6.07) is 23.0. The van der Waals surface area contributed by atoms with Gasteiger partial charge in [0.05, 0.1) is 6.42 Å². The number of aromatic nitrogens is 2. The number of carbonyl (C=O) groups excluding carboxylic acids is 1. The van der Waals surface area contributed by atoms with E-state index in [1.807, 2.05) is 35.4 Å². The second kappa shape index (κ2) is 8.38. The number of likely N-dealkylation sites (tertiary alicyclic amines) is 1. The number of nitrogens with one attached hydrogen (secondary N) is 1. The predicted octanol–water partition coefficient (Wildman–Crippen LogP) is 5.49. The summed E-state index contributed by atoms with van der Waals surface area (Å²) < 4.78 is 0. The molecule has 4 heteroatoms. The van der Waals surface area contributed by atoms with Gasteiger partial charge in [-0.15, -0.1) is 0 Å². The Hall–Kier alpha value is -3.40. The molecular formula is C27H27N3O. The summed E-state index contributed by atoms with van der Waals surface area (Å²) in [6.07, 6.45) is 4.49. The van der Waals surface area contributed by atoms with E-state index in [-0.39, 0.29) is 11.8 Å². The monoisotopic (exact) mass is 409 g/mol. The molecule has 1 aliphatic heterocycles. The van der Waals surface area contributed by atoms with Crippen molar-refractivity contribution in [2.24, 2.45) is 0 Å². The van der Waals surface area contributed by atoms with Gasteiger partial charge in [-0.05, 0) is 54.7 Å². The summed E-state index contributed by atoms with van der Waals surface area (Å²) in [6.45, 7) is 3.62. The first kappa shape index (κ1) is 19.6. The Kier molecular flexibility index (Phi) is 5.29. The van der Waals surface area contributed by atoms with E-state index in [1.54, 1.807) is 0 Å². The first-order valence-corrected chi connectivity index (χ1v) is 11.0. The maximum atomic E-state index is 13.1. The van der Waals surface area contributed by atoms with Crippen LogP contribution in [0.15, 0.2) is 72.9 Å². The van der Waals surface area contributed by atoms with Crippen molar-refractivity contribution in [3.8, 4) is 11.1 Å². The summed E-state index contributed by atoms with van der Waals surface area (Å²) in [5, 5.41) is 1.14. The number of carbonyl (C=O) groups is 1. The van der Waals surface area contributed by atoms with Crippen LogP contribution in [0.5, 0.6) is 0 Å². The summed E-state index contributed by atoms with van der Waals surface area (Å²) in [7, 11) is 0. The number of hydrogen-bond donors (Lipinski definition) is 1. The van der Waals surface area contributed by atoms with E-state index in [1.165, 1.54) is 11.1 Å². The number of aryl methyl sites for hydroxylation is 1. The minimum Gasteiger partial charge on any atom is -0.361 e. The Morgan fingerprint density at radius 2 is 1.87 bits per heavy atom. The summed E-state index contributed by atoms with van der Waals surface area (Å²) in [5.41, 5.74) is 6.69. The number of piperidine rings is 1. The van der Waals surface area contributed by atoms with Crippen LogP contribution < -0.4 is 0 Å². The maximum absolute atomic E-state index is 13.1. The average Bonchev–Trinajstić information content (AvgIpc) is 3.22. The maximum Gasteiger partial charge on any atom is 0.227 e. The Labute approximate surface area is 182 Å². The van der Waals surface area contributed by atoms with E-state index in [9.17, 15) is 4.79 Å². The van der Waals surface area contributed by atoms with Crippen molar-refractivity contribution in [2.45, 2.75) is 32.1 Å². The summed E-state index contributed by atoms with van der Waals surface area (Å²) >= 11 is 0. The molecule has 0 unspecified atom stereocenters. The molecule has 0 radical (unpaired) electrons. The van der Waals surface area contributed by atoms with Crippen molar-refractivity contribution >= 4 is 16.8 Å². The first-order valence-electron chi connectivity index (χ1n) is 11.0. The molecule has 5 rings (SSSR count). The third-order valence-electron chi connectivity index (χ3n) is 6.29. The molecule has 0 saturated carbocycles. The lowest BCUT2D eigenvalue weighted by Crippen LogP contribution is -2.40. The molecule has 4 aromatic rings. The van der Waals surface area contributed by atoms with Gasteiger partial charge < -0.3 is 9.88 Å². The molecule has 4 nitrogen and oxygen atoms in total. The highest BCUT2D eigenvalue weighted by Crippen LogP contribution is 2.30. The molecule has 3 heterocycles. The summed E-state index contributed by atoms with van der Waals surface area (Å²) in [4.78, 5) is 23.3. The molecule has 1 fully saturated rings. The molecular weight excluding hydrogens is 382 g/mol. The number of fused-ring (bicyclic) bond motifs is 1. The largest absolute Gasteiger partial charge is 0.361 e. The van der Waals surface area contributed by atoms with Crippen molar-refractivity contribution in [3.05, 3.63) is 89.9 Å². The third-order valence-corrected chi connectivity index (χ3v) is 6.29. The van der Waals surface area contributed by atoms with Gasteiger partial charge in [0, 0.05) is 47.5 Å². The first-order chi connectivity index (χ1) is 15.2. The van der Waals surface area contributed by atoms with Gasteiger partial charge in [-0.3, -0.25) is 9.78 Å². The Balaban J connectivity index is 1.34. The number of H-pyrrole nitrogens is 1. The van der Waals surface area contributed by atoms with Crippen LogP contribution in [0.25, 0.3) is 22.0 Å². The van der Waals surface area contributed by atoms with E-state index in [4.69, 9.17) is 4.98 Å². The molecule has 0 aliphatic carbocycles. The minimum atomic E-state index is 0.199. The van der Waals surface area contributed by atoms with Crippen molar-refractivity contribution < 1.29 is 4.79 Å². The van der Waals surface area contributed by atoms with Gasteiger partial charge in [0.2, 0.25) is 5.91 Å². The van der Waals surface area contributed by atoms with Crippen molar-refractivity contribution in [2.75, 3.05) is 13.1 Å². The van der Waals surface area contributed by atoms with Crippen molar-refractivity contribution in [3.63, 3.8) is 0 Å². The molecule has 0 spiro atoms. The van der Waals surface area contributed by atoms with E-state index in [0.29, 0.717) is 6.42 Å². The molecule has 1 aliphatic rings. The molecule has 1 atom stereocenters. The molecule has 2 aromatic heterocycles. The Bertz CT molecular complexity index is 1210. The van der Waals surface area contributed by atoms with Gasteiger partial charge in [-0.1, -0.05) is 48.5 Å². The molecule has 1 saturated heterocycles. The minimum absolute atomic E-state index is 0.199. The topological polar surface area (TPSA) is 49.0 Å². The van der Waals surface area contributed by atoms with Crippen LogP contribution in [0.3, 0.4) is 0 Å². The highest BCUT2D eigenvalue weighted by molar-refractivity contribution is 5.89. The van der Waals surface area contributed by atoms with Crippen LogP contribution in [0.2, 0.25) is 0 Å².